The molecule has 7 heteroatoms. The largest absolute Gasteiger partial charge is 0.389 e. The molecule has 0 saturated heterocycles. The summed E-state index contributed by atoms with van der Waals surface area (Å²) >= 11 is 0. The highest BCUT2D eigenvalue weighted by atomic mass is 32.2. The molecule has 1 amide bonds. The van der Waals surface area contributed by atoms with Gasteiger partial charge in [-0.15, -0.1) is 0 Å². The van der Waals surface area contributed by atoms with Crippen LogP contribution in [0, 0.1) is 0 Å². The van der Waals surface area contributed by atoms with Gasteiger partial charge in [0.05, 0.1) is 17.4 Å². The van der Waals surface area contributed by atoms with E-state index in [1.54, 1.807) is 13.8 Å². The van der Waals surface area contributed by atoms with E-state index in [1.807, 2.05) is 0 Å². The summed E-state index contributed by atoms with van der Waals surface area (Å²) in [6, 6.07) is -0.864. The molecule has 0 rings (SSSR count). The minimum Gasteiger partial charge on any atom is -0.389 e. The number of nitrogens with one attached hydrogen (secondary N) is 1. The molecule has 0 aliphatic carbocycles. The Balaban J connectivity index is 4.01. The monoisotopic (exact) mass is 252 g/mol. The molecule has 0 saturated carbocycles. The maximum Gasteiger partial charge on any atom is 0.237 e. The topological polar surface area (TPSA) is 109 Å². The van der Waals surface area contributed by atoms with Crippen molar-refractivity contribution in [3.05, 3.63) is 0 Å². The van der Waals surface area contributed by atoms with Crippen molar-refractivity contribution in [1.29, 1.82) is 0 Å². The second-order valence-corrected chi connectivity index (χ2v) is 6.82. The second kappa shape index (κ2) is 5.60. The maximum absolute atomic E-state index is 11.4. The molecule has 0 aliphatic rings. The number of nitrogens with two attached hydrogens (primary N) is 1. The molecule has 1 atom stereocenters. The number of amides is 1. The molecular weight excluding hydrogens is 232 g/mol. The molecule has 16 heavy (non-hydrogen) atoms. The molecule has 0 fully saturated rings. The summed E-state index contributed by atoms with van der Waals surface area (Å²) in [5.41, 5.74) is 4.49. The average Bonchev–Trinajstić information content (AvgIpc) is 2.07. The first-order chi connectivity index (χ1) is 7.01. The Kier molecular flexibility index (Phi) is 5.37. The molecule has 0 aromatic heterocycles. The standard InChI is InChI=1S/C9H20N2O4S/c1-9(2,13)6-11-8(12)7(10)4-5-16(3,14)15/h7,13H,4-6,10H2,1-3H3,(H,11,12). The van der Waals surface area contributed by atoms with Crippen molar-refractivity contribution in [3.63, 3.8) is 0 Å². The Morgan fingerprint density at radius 1 is 1.50 bits per heavy atom. The van der Waals surface area contributed by atoms with Crippen molar-refractivity contribution in [1.82, 2.24) is 5.32 Å². The van der Waals surface area contributed by atoms with Gasteiger partial charge >= 0.3 is 0 Å². The van der Waals surface area contributed by atoms with Crippen molar-refractivity contribution < 1.29 is 18.3 Å². The van der Waals surface area contributed by atoms with Crippen LogP contribution in [-0.4, -0.2) is 49.6 Å². The molecule has 0 bridgehead atoms. The van der Waals surface area contributed by atoms with Crippen LogP contribution in [0.2, 0.25) is 0 Å². The number of aliphatic hydroxyl groups is 1. The fraction of sp³-hybridized carbons (Fsp3) is 0.889. The summed E-state index contributed by atoms with van der Waals surface area (Å²) < 4.78 is 21.7. The minimum absolute atomic E-state index is 0.0799. The highest BCUT2D eigenvalue weighted by molar-refractivity contribution is 7.90. The summed E-state index contributed by atoms with van der Waals surface area (Å²) in [5, 5.41) is 11.8. The van der Waals surface area contributed by atoms with Crippen LogP contribution in [0.1, 0.15) is 20.3 Å². The molecule has 0 aromatic carbocycles. The van der Waals surface area contributed by atoms with Crippen molar-refractivity contribution in [3.8, 4) is 0 Å². The maximum atomic E-state index is 11.4. The average molecular weight is 252 g/mol. The first-order valence-electron chi connectivity index (χ1n) is 4.95. The number of carbonyl (C=O) groups is 1. The Morgan fingerprint density at radius 2 is 2.00 bits per heavy atom. The van der Waals surface area contributed by atoms with Crippen LogP contribution in [0.4, 0.5) is 0 Å². The third kappa shape index (κ3) is 8.63. The first kappa shape index (κ1) is 15.3. The zero-order valence-electron chi connectivity index (χ0n) is 9.86. The quantitative estimate of drug-likeness (QED) is 0.540. The number of carbonyl (C=O) groups excluding carboxylic acids is 1. The van der Waals surface area contributed by atoms with E-state index in [1.165, 1.54) is 0 Å². The van der Waals surface area contributed by atoms with Crippen LogP contribution in [0.25, 0.3) is 0 Å². The summed E-state index contributed by atoms with van der Waals surface area (Å²) in [5.74, 6) is -0.574. The van der Waals surface area contributed by atoms with Gasteiger partial charge in [-0.3, -0.25) is 4.79 Å². The Morgan fingerprint density at radius 3 is 2.38 bits per heavy atom. The summed E-state index contributed by atoms with van der Waals surface area (Å²) in [6.45, 7) is 3.18. The van der Waals surface area contributed by atoms with Gasteiger partial charge in [0.1, 0.15) is 9.84 Å². The minimum atomic E-state index is -3.11. The first-order valence-corrected chi connectivity index (χ1v) is 7.01. The summed E-state index contributed by atoms with van der Waals surface area (Å²) in [7, 11) is -3.11. The zero-order chi connectivity index (χ0) is 13.0. The Hall–Kier alpha value is -0.660. The second-order valence-electron chi connectivity index (χ2n) is 4.56. The molecule has 0 spiro atoms. The number of rotatable bonds is 6. The zero-order valence-corrected chi connectivity index (χ0v) is 10.7. The normalized spacial score (nSPS) is 14.6. The van der Waals surface area contributed by atoms with Crippen molar-refractivity contribution >= 4 is 15.7 Å². The van der Waals surface area contributed by atoms with E-state index < -0.39 is 27.4 Å². The highest BCUT2D eigenvalue weighted by Gasteiger charge is 2.19. The van der Waals surface area contributed by atoms with Crippen molar-refractivity contribution in [2.24, 2.45) is 5.73 Å². The predicted molar refractivity (Wildman–Crippen MR) is 61.6 cm³/mol. The van der Waals surface area contributed by atoms with Gasteiger partial charge in [-0.1, -0.05) is 0 Å². The lowest BCUT2D eigenvalue weighted by Gasteiger charge is -2.19. The van der Waals surface area contributed by atoms with Crippen LogP contribution in [0.15, 0.2) is 0 Å². The smallest absolute Gasteiger partial charge is 0.237 e. The van der Waals surface area contributed by atoms with Gasteiger partial charge in [0.25, 0.3) is 0 Å². The van der Waals surface area contributed by atoms with E-state index in [9.17, 15) is 18.3 Å². The number of hydrogen-bond acceptors (Lipinski definition) is 5. The van der Waals surface area contributed by atoms with Gasteiger partial charge in [0, 0.05) is 12.8 Å². The molecule has 4 N–H and O–H groups in total. The lowest BCUT2D eigenvalue weighted by atomic mass is 10.1. The van der Waals surface area contributed by atoms with Crippen LogP contribution in [-0.2, 0) is 14.6 Å². The molecule has 1 unspecified atom stereocenters. The van der Waals surface area contributed by atoms with E-state index in [0.717, 1.165) is 6.26 Å². The molecule has 0 radical (unpaired) electrons. The molecule has 6 nitrogen and oxygen atoms in total. The summed E-state index contributed by atoms with van der Waals surface area (Å²) in [4.78, 5) is 11.4. The van der Waals surface area contributed by atoms with Gasteiger partial charge in [-0.05, 0) is 20.3 Å². The fourth-order valence-electron chi connectivity index (χ4n) is 0.907. The Bertz CT molecular complexity index is 332. The highest BCUT2D eigenvalue weighted by Crippen LogP contribution is 1.99. The SMILES string of the molecule is CC(C)(O)CNC(=O)C(N)CCS(C)(=O)=O. The predicted octanol–water partition coefficient (Wildman–Crippen LogP) is -1.36. The van der Waals surface area contributed by atoms with Gasteiger partial charge in [-0.2, -0.15) is 0 Å². The van der Waals surface area contributed by atoms with E-state index in [4.69, 9.17) is 5.73 Å². The van der Waals surface area contributed by atoms with Crippen LogP contribution in [0.5, 0.6) is 0 Å². The molecule has 0 heterocycles. The van der Waals surface area contributed by atoms with Crippen LogP contribution >= 0.6 is 0 Å². The molecule has 0 aliphatic heterocycles. The van der Waals surface area contributed by atoms with Gasteiger partial charge in [-0.25, -0.2) is 8.42 Å². The van der Waals surface area contributed by atoms with Crippen molar-refractivity contribution in [2.45, 2.75) is 31.9 Å². The Labute approximate surface area is 96.1 Å². The lowest BCUT2D eigenvalue weighted by molar-refractivity contribution is -0.123. The van der Waals surface area contributed by atoms with E-state index in [0.29, 0.717) is 0 Å². The molecular formula is C9H20N2O4S. The van der Waals surface area contributed by atoms with Crippen molar-refractivity contribution in [2.75, 3.05) is 18.6 Å². The molecule has 96 valence electrons. The van der Waals surface area contributed by atoms with Crippen LogP contribution in [0.3, 0.4) is 0 Å². The molecule has 0 aromatic rings. The summed E-state index contributed by atoms with van der Waals surface area (Å²) in [6.07, 6.45) is 1.17. The van der Waals surface area contributed by atoms with Gasteiger partial charge in [0.2, 0.25) is 5.91 Å². The third-order valence-electron chi connectivity index (χ3n) is 1.83. The van der Waals surface area contributed by atoms with E-state index >= 15 is 0 Å². The van der Waals surface area contributed by atoms with E-state index in [2.05, 4.69) is 5.32 Å². The van der Waals surface area contributed by atoms with Gasteiger partial charge in [0.15, 0.2) is 0 Å². The number of sulfone groups is 1. The third-order valence-corrected chi connectivity index (χ3v) is 2.81. The van der Waals surface area contributed by atoms with Gasteiger partial charge < -0.3 is 16.2 Å². The fourth-order valence-corrected chi connectivity index (χ4v) is 1.59. The van der Waals surface area contributed by atoms with Crippen LogP contribution < -0.4 is 11.1 Å². The number of hydrogen-bond donors (Lipinski definition) is 3. The van der Waals surface area contributed by atoms with E-state index in [-0.39, 0.29) is 18.7 Å². The lowest BCUT2D eigenvalue weighted by Crippen LogP contribution is -2.46.